The lowest BCUT2D eigenvalue weighted by molar-refractivity contribution is -0.123. The summed E-state index contributed by atoms with van der Waals surface area (Å²) in [5.41, 5.74) is -0.513. The molecule has 1 atom stereocenters. The van der Waals surface area contributed by atoms with E-state index in [1.54, 1.807) is 0 Å². The Balaban J connectivity index is 1.88. The van der Waals surface area contributed by atoms with Crippen molar-refractivity contribution >= 4 is 11.8 Å². The average Bonchev–Trinajstić information content (AvgIpc) is 2.60. The summed E-state index contributed by atoms with van der Waals surface area (Å²) in [5.74, 6) is -1.13. The Labute approximate surface area is 141 Å². The Morgan fingerprint density at radius 1 is 1.29 bits per heavy atom. The fourth-order valence-corrected chi connectivity index (χ4v) is 3.27. The molecule has 0 spiro atoms. The van der Waals surface area contributed by atoms with Crippen LogP contribution in [-0.4, -0.2) is 35.6 Å². The topological polar surface area (TPSA) is 78.4 Å². The van der Waals surface area contributed by atoms with E-state index in [2.05, 4.69) is 10.6 Å². The highest BCUT2D eigenvalue weighted by molar-refractivity contribution is 5.96. The Kier molecular flexibility index (Phi) is 6.31. The molecular formula is C18H25FN2O3. The fraction of sp³-hybridized carbons (Fsp3) is 0.556. The van der Waals surface area contributed by atoms with E-state index in [1.165, 1.54) is 24.6 Å². The SMILES string of the molecule is C[C@](CO)(NC(=O)CNC(=O)c1cccc(F)c1)C1CCCCC1. The molecule has 0 saturated heterocycles. The highest BCUT2D eigenvalue weighted by Crippen LogP contribution is 2.32. The molecule has 2 rings (SSSR count). The van der Waals surface area contributed by atoms with Crippen LogP contribution in [-0.2, 0) is 4.79 Å². The minimum absolute atomic E-state index is 0.138. The zero-order chi connectivity index (χ0) is 17.6. The summed E-state index contributed by atoms with van der Waals surface area (Å²) < 4.78 is 13.1. The number of nitrogens with one attached hydrogen (secondary N) is 2. The van der Waals surface area contributed by atoms with E-state index < -0.39 is 17.3 Å². The second kappa shape index (κ2) is 8.24. The predicted octanol–water partition coefficient (Wildman–Crippen LogP) is 2.00. The van der Waals surface area contributed by atoms with Gasteiger partial charge < -0.3 is 15.7 Å². The fourth-order valence-electron chi connectivity index (χ4n) is 3.27. The van der Waals surface area contributed by atoms with E-state index in [1.807, 2.05) is 6.92 Å². The van der Waals surface area contributed by atoms with Gasteiger partial charge in [-0.3, -0.25) is 9.59 Å². The van der Waals surface area contributed by atoms with Gasteiger partial charge in [0.2, 0.25) is 5.91 Å². The zero-order valence-corrected chi connectivity index (χ0v) is 14.0. The molecule has 1 aliphatic rings. The molecule has 1 aliphatic carbocycles. The van der Waals surface area contributed by atoms with Crippen LogP contribution in [0.1, 0.15) is 49.4 Å². The molecular weight excluding hydrogens is 311 g/mol. The van der Waals surface area contributed by atoms with Crippen LogP contribution in [0.15, 0.2) is 24.3 Å². The van der Waals surface area contributed by atoms with Gasteiger partial charge in [0.05, 0.1) is 18.7 Å². The normalized spacial score (nSPS) is 17.8. The lowest BCUT2D eigenvalue weighted by atomic mass is 9.76. The van der Waals surface area contributed by atoms with E-state index in [0.29, 0.717) is 0 Å². The van der Waals surface area contributed by atoms with Gasteiger partial charge in [-0.2, -0.15) is 0 Å². The van der Waals surface area contributed by atoms with E-state index in [9.17, 15) is 19.1 Å². The third kappa shape index (κ3) is 4.77. The smallest absolute Gasteiger partial charge is 0.251 e. The number of benzene rings is 1. The molecule has 0 heterocycles. The maximum atomic E-state index is 13.1. The Bertz CT molecular complexity index is 587. The molecule has 0 aliphatic heterocycles. The van der Waals surface area contributed by atoms with Crippen LogP contribution in [0.4, 0.5) is 4.39 Å². The van der Waals surface area contributed by atoms with Crippen LogP contribution in [0.25, 0.3) is 0 Å². The van der Waals surface area contributed by atoms with Crippen molar-refractivity contribution in [3.05, 3.63) is 35.6 Å². The highest BCUT2D eigenvalue weighted by Gasteiger charge is 2.35. The van der Waals surface area contributed by atoms with Gasteiger partial charge in [-0.05, 0) is 43.9 Å². The minimum atomic E-state index is -0.679. The van der Waals surface area contributed by atoms with E-state index in [4.69, 9.17) is 0 Å². The molecule has 0 radical (unpaired) electrons. The van der Waals surface area contributed by atoms with Gasteiger partial charge in [0, 0.05) is 5.56 Å². The van der Waals surface area contributed by atoms with Crippen molar-refractivity contribution < 1.29 is 19.1 Å². The van der Waals surface area contributed by atoms with Gasteiger partial charge in [-0.1, -0.05) is 25.3 Å². The molecule has 6 heteroatoms. The molecule has 24 heavy (non-hydrogen) atoms. The number of carbonyl (C=O) groups is 2. The second-order valence-electron chi connectivity index (χ2n) is 6.65. The molecule has 0 aromatic heterocycles. The first-order valence-corrected chi connectivity index (χ1v) is 8.40. The lowest BCUT2D eigenvalue weighted by Gasteiger charge is -2.39. The Hall–Kier alpha value is -1.95. The predicted molar refractivity (Wildman–Crippen MR) is 88.9 cm³/mol. The van der Waals surface area contributed by atoms with Gasteiger partial charge in [-0.25, -0.2) is 4.39 Å². The largest absolute Gasteiger partial charge is 0.394 e. The van der Waals surface area contributed by atoms with Crippen molar-refractivity contribution in [1.29, 1.82) is 0 Å². The maximum absolute atomic E-state index is 13.1. The van der Waals surface area contributed by atoms with Crippen molar-refractivity contribution in [2.75, 3.05) is 13.2 Å². The summed E-state index contributed by atoms with van der Waals surface area (Å²) in [7, 11) is 0. The molecule has 1 saturated carbocycles. The molecule has 2 amide bonds. The first-order chi connectivity index (χ1) is 11.4. The maximum Gasteiger partial charge on any atom is 0.251 e. The van der Waals surface area contributed by atoms with Crippen LogP contribution in [0.2, 0.25) is 0 Å². The molecule has 1 aromatic rings. The number of rotatable bonds is 6. The van der Waals surface area contributed by atoms with Crippen molar-refractivity contribution in [1.82, 2.24) is 10.6 Å². The molecule has 1 aromatic carbocycles. The summed E-state index contributed by atoms with van der Waals surface area (Å²) in [6, 6.07) is 5.29. The molecule has 1 fully saturated rings. The number of aliphatic hydroxyl groups excluding tert-OH is 1. The lowest BCUT2D eigenvalue weighted by Crippen LogP contribution is -2.56. The van der Waals surface area contributed by atoms with Crippen molar-refractivity contribution in [2.24, 2.45) is 5.92 Å². The van der Waals surface area contributed by atoms with Crippen LogP contribution in [0.3, 0.4) is 0 Å². The third-order valence-corrected chi connectivity index (χ3v) is 4.76. The monoisotopic (exact) mass is 336 g/mol. The summed E-state index contributed by atoms with van der Waals surface area (Å²) in [6.07, 6.45) is 5.36. The summed E-state index contributed by atoms with van der Waals surface area (Å²) in [6.45, 7) is 1.49. The van der Waals surface area contributed by atoms with Crippen LogP contribution < -0.4 is 10.6 Å². The number of hydrogen-bond donors (Lipinski definition) is 3. The molecule has 0 bridgehead atoms. The molecule has 5 nitrogen and oxygen atoms in total. The second-order valence-corrected chi connectivity index (χ2v) is 6.65. The Morgan fingerprint density at radius 2 is 2.00 bits per heavy atom. The number of aliphatic hydroxyl groups is 1. The van der Waals surface area contributed by atoms with Gasteiger partial charge in [-0.15, -0.1) is 0 Å². The van der Waals surface area contributed by atoms with Gasteiger partial charge in [0.25, 0.3) is 5.91 Å². The molecule has 0 unspecified atom stereocenters. The average molecular weight is 336 g/mol. The molecule has 132 valence electrons. The zero-order valence-electron chi connectivity index (χ0n) is 14.0. The van der Waals surface area contributed by atoms with Gasteiger partial charge in [0.15, 0.2) is 0 Å². The van der Waals surface area contributed by atoms with Crippen LogP contribution in [0, 0.1) is 11.7 Å². The Morgan fingerprint density at radius 3 is 2.62 bits per heavy atom. The van der Waals surface area contributed by atoms with E-state index >= 15 is 0 Å². The third-order valence-electron chi connectivity index (χ3n) is 4.76. The number of hydrogen-bond acceptors (Lipinski definition) is 3. The van der Waals surface area contributed by atoms with Crippen molar-refractivity contribution in [2.45, 2.75) is 44.6 Å². The summed E-state index contributed by atoms with van der Waals surface area (Å²) >= 11 is 0. The minimum Gasteiger partial charge on any atom is -0.394 e. The van der Waals surface area contributed by atoms with Gasteiger partial charge >= 0.3 is 0 Å². The van der Waals surface area contributed by atoms with E-state index in [-0.39, 0.29) is 30.5 Å². The highest BCUT2D eigenvalue weighted by atomic mass is 19.1. The number of amides is 2. The van der Waals surface area contributed by atoms with E-state index in [0.717, 1.165) is 31.7 Å². The quantitative estimate of drug-likeness (QED) is 0.743. The summed E-state index contributed by atoms with van der Waals surface area (Å²) in [4.78, 5) is 24.1. The van der Waals surface area contributed by atoms with Crippen LogP contribution >= 0.6 is 0 Å². The van der Waals surface area contributed by atoms with Crippen molar-refractivity contribution in [3.63, 3.8) is 0 Å². The van der Waals surface area contributed by atoms with Crippen molar-refractivity contribution in [3.8, 4) is 0 Å². The standard InChI is InChI=1S/C18H25FN2O3/c1-18(12-22,14-7-3-2-4-8-14)21-16(23)11-20-17(24)13-6-5-9-15(19)10-13/h5-6,9-10,14,22H,2-4,7-8,11-12H2,1H3,(H,20,24)(H,21,23)/t18-/m1/s1. The van der Waals surface area contributed by atoms with Crippen LogP contribution in [0.5, 0.6) is 0 Å². The van der Waals surface area contributed by atoms with Gasteiger partial charge in [0.1, 0.15) is 5.82 Å². The summed E-state index contributed by atoms with van der Waals surface area (Å²) in [5, 5.41) is 15.1. The number of carbonyl (C=O) groups excluding carboxylic acids is 2. The molecule has 3 N–H and O–H groups in total. The first kappa shape index (κ1) is 18.4. The number of halogens is 1. The first-order valence-electron chi connectivity index (χ1n) is 8.40.